The number of aromatic nitrogens is 3. The van der Waals surface area contributed by atoms with Crippen LogP contribution in [0, 0.1) is 17.5 Å². The van der Waals surface area contributed by atoms with Crippen molar-refractivity contribution in [3.05, 3.63) is 35.8 Å². The Labute approximate surface area is 262 Å². The van der Waals surface area contributed by atoms with Gasteiger partial charge < -0.3 is 30.1 Å². The lowest BCUT2D eigenvalue weighted by Crippen LogP contribution is -2.59. The van der Waals surface area contributed by atoms with Gasteiger partial charge in [-0.15, -0.1) is 16.9 Å². The molecule has 4 N–H and O–H groups in total. The number of aliphatic hydroxyl groups excluding tert-OH is 3. The summed E-state index contributed by atoms with van der Waals surface area (Å²) >= 11 is 0.781. The number of benzene rings is 1. The third-order valence-corrected chi connectivity index (χ3v) is 12.6. The lowest BCUT2D eigenvalue weighted by molar-refractivity contribution is -0.179. The molecule has 0 radical (unpaired) electrons. The van der Waals surface area contributed by atoms with E-state index in [1.807, 2.05) is 0 Å². The molecule has 1 amide bonds. The lowest BCUT2D eigenvalue weighted by Gasteiger charge is -2.46. The van der Waals surface area contributed by atoms with Crippen molar-refractivity contribution in [1.29, 1.82) is 0 Å². The van der Waals surface area contributed by atoms with Gasteiger partial charge >= 0.3 is 0 Å². The van der Waals surface area contributed by atoms with Crippen LogP contribution in [0.3, 0.4) is 0 Å². The van der Waals surface area contributed by atoms with Gasteiger partial charge in [-0.2, -0.15) is 0 Å². The predicted octanol–water partition coefficient (Wildman–Crippen LogP) is 0.242. The highest BCUT2D eigenvalue weighted by molar-refractivity contribution is 8.01. The summed E-state index contributed by atoms with van der Waals surface area (Å²) in [7, 11) is -1.96. The molecule has 45 heavy (non-hydrogen) atoms. The Morgan fingerprint density at radius 1 is 1.18 bits per heavy atom. The van der Waals surface area contributed by atoms with Gasteiger partial charge in [-0.1, -0.05) is 5.21 Å². The van der Waals surface area contributed by atoms with Crippen LogP contribution < -0.4 is 0 Å². The number of piperidine rings is 1. The van der Waals surface area contributed by atoms with Crippen LogP contribution >= 0.6 is 11.8 Å². The van der Waals surface area contributed by atoms with E-state index in [-0.39, 0.29) is 43.7 Å². The van der Waals surface area contributed by atoms with Gasteiger partial charge in [0.15, 0.2) is 17.5 Å². The van der Waals surface area contributed by atoms with Crippen LogP contribution in [-0.4, -0.2) is 132 Å². The molecule has 2 aromatic rings. The topological polar surface area (TPSA) is 179 Å². The molecule has 1 unspecified atom stereocenters. The average Bonchev–Trinajstić information content (AvgIpc) is 3.77. The third-order valence-electron chi connectivity index (χ3n) is 8.67. The summed E-state index contributed by atoms with van der Waals surface area (Å²) in [5.74, 6) is -5.07. The maximum absolute atomic E-state index is 13.9. The second kappa shape index (κ2) is 13.1. The van der Waals surface area contributed by atoms with Crippen LogP contribution in [0.15, 0.2) is 18.3 Å². The zero-order valence-electron chi connectivity index (χ0n) is 24.5. The number of hydrogen-bond donors (Lipinski definition) is 4. The molecular formula is C27H36F3N5O8S2. The number of nitrogens with zero attached hydrogens (tertiary/aromatic N) is 5. The highest BCUT2D eigenvalue weighted by atomic mass is 32.2. The maximum atomic E-state index is 13.9. The fourth-order valence-electron chi connectivity index (χ4n) is 5.62. The third kappa shape index (κ3) is 6.60. The highest BCUT2D eigenvalue weighted by Gasteiger charge is 2.53. The number of ether oxygens (including phenoxy) is 1. The summed E-state index contributed by atoms with van der Waals surface area (Å²) < 4.78 is 74.9. The fraction of sp³-hybridized carbons (Fsp3) is 0.667. The van der Waals surface area contributed by atoms with Crippen LogP contribution in [0.2, 0.25) is 0 Å². The molecule has 1 aliphatic carbocycles. The molecule has 13 nitrogen and oxygen atoms in total. The van der Waals surface area contributed by atoms with Crippen molar-refractivity contribution >= 4 is 27.7 Å². The molecule has 1 saturated carbocycles. The minimum Gasteiger partial charge on any atom is -0.394 e. The Bertz CT molecular complexity index is 1480. The summed E-state index contributed by atoms with van der Waals surface area (Å²) in [5, 5.41) is 50.3. The molecule has 6 atom stereocenters. The molecule has 5 rings (SSSR count). The SMILES string of the molecule is CCN(C)C(=O)C(S[C@@H]1O[C@H](CO)[C@H](O)[C@H](n2cc(-c3cc(F)c(F)c(F)c3)nn2)[C@H]1O)C1(O)CCN(S(=O)(=O)C2CC2)CC1. The van der Waals surface area contributed by atoms with E-state index in [0.29, 0.717) is 25.0 Å². The minimum absolute atomic E-state index is 0.00347. The quantitative estimate of drug-likeness (QED) is 0.253. The van der Waals surface area contributed by atoms with Crippen LogP contribution in [0.1, 0.15) is 38.6 Å². The number of rotatable bonds is 10. The van der Waals surface area contributed by atoms with E-state index >= 15 is 0 Å². The zero-order chi connectivity index (χ0) is 32.8. The standard InChI is InChI=1S/C27H36F3N5O8S2/c1-3-33(2)25(39)24(27(40)6-8-34(9-7-27)45(41,42)15-4-5-15)44-26-23(38)21(22(37)19(13-36)43-26)35-12-18(31-32-35)14-10-16(28)20(30)17(29)11-14/h10-12,15,19,21-24,26,36-38,40H,3-9,13H2,1-2H3/t19-,21+,22+,23-,24?,26+/m1/s1. The number of sulfonamides is 1. The second-order valence-electron chi connectivity index (χ2n) is 11.7. The molecule has 0 bridgehead atoms. The highest BCUT2D eigenvalue weighted by Crippen LogP contribution is 2.43. The van der Waals surface area contributed by atoms with Crippen molar-refractivity contribution in [3.63, 3.8) is 0 Å². The first-order valence-corrected chi connectivity index (χ1v) is 17.0. The molecule has 18 heteroatoms. The molecule has 2 aliphatic heterocycles. The van der Waals surface area contributed by atoms with Gasteiger partial charge in [0, 0.05) is 32.2 Å². The first-order valence-electron chi connectivity index (χ1n) is 14.5. The van der Waals surface area contributed by atoms with Crippen molar-refractivity contribution in [2.45, 2.75) is 78.5 Å². The summed E-state index contributed by atoms with van der Waals surface area (Å²) in [6.45, 7) is 1.31. The number of carbonyl (C=O) groups is 1. The minimum atomic E-state index is -3.50. The molecule has 3 fully saturated rings. The van der Waals surface area contributed by atoms with Crippen molar-refractivity contribution in [3.8, 4) is 11.3 Å². The summed E-state index contributed by atoms with van der Waals surface area (Å²) in [6.07, 6.45) is -2.25. The predicted molar refractivity (Wildman–Crippen MR) is 155 cm³/mol. The molecular weight excluding hydrogens is 643 g/mol. The van der Waals surface area contributed by atoms with E-state index < -0.39 is 85.9 Å². The number of thioether (sulfide) groups is 1. The smallest absolute Gasteiger partial charge is 0.238 e. The molecule has 2 saturated heterocycles. The summed E-state index contributed by atoms with van der Waals surface area (Å²) in [4.78, 5) is 15.0. The lowest BCUT2D eigenvalue weighted by atomic mass is 9.88. The van der Waals surface area contributed by atoms with Gasteiger partial charge in [0.2, 0.25) is 15.9 Å². The summed E-state index contributed by atoms with van der Waals surface area (Å²) in [5.41, 5.74) is -3.28. The van der Waals surface area contributed by atoms with Crippen molar-refractivity contribution < 1.29 is 51.5 Å². The monoisotopic (exact) mass is 679 g/mol. The zero-order valence-corrected chi connectivity index (χ0v) is 26.2. The molecule has 1 aromatic carbocycles. The molecule has 0 spiro atoms. The fourth-order valence-corrected chi connectivity index (χ4v) is 9.05. The Kier molecular flexibility index (Phi) is 9.87. The molecule has 3 aliphatic rings. The van der Waals surface area contributed by atoms with E-state index in [1.165, 1.54) is 22.4 Å². The van der Waals surface area contributed by atoms with Crippen LogP contribution in [-0.2, 0) is 19.6 Å². The Balaban J connectivity index is 1.41. The van der Waals surface area contributed by atoms with Crippen molar-refractivity contribution in [2.24, 2.45) is 0 Å². The number of hydrogen-bond acceptors (Lipinski definition) is 11. The van der Waals surface area contributed by atoms with E-state index in [9.17, 15) is 46.8 Å². The number of carbonyl (C=O) groups excluding carboxylic acids is 1. The van der Waals surface area contributed by atoms with E-state index in [1.54, 1.807) is 6.92 Å². The van der Waals surface area contributed by atoms with E-state index in [4.69, 9.17) is 4.74 Å². The Hall–Kier alpha value is -2.32. The maximum Gasteiger partial charge on any atom is 0.238 e. The summed E-state index contributed by atoms with van der Waals surface area (Å²) in [6, 6.07) is 0.0759. The first-order chi connectivity index (χ1) is 21.2. The van der Waals surface area contributed by atoms with Crippen LogP contribution in [0.5, 0.6) is 0 Å². The van der Waals surface area contributed by atoms with Gasteiger partial charge in [0.05, 0.1) is 23.7 Å². The van der Waals surface area contributed by atoms with Crippen LogP contribution in [0.4, 0.5) is 13.2 Å². The van der Waals surface area contributed by atoms with Gasteiger partial charge in [0.25, 0.3) is 0 Å². The Morgan fingerprint density at radius 2 is 1.80 bits per heavy atom. The van der Waals surface area contributed by atoms with Crippen molar-refractivity contribution in [1.82, 2.24) is 24.2 Å². The van der Waals surface area contributed by atoms with Gasteiger partial charge in [0.1, 0.15) is 40.7 Å². The number of aliphatic hydroxyl groups is 4. The molecule has 3 heterocycles. The average molecular weight is 680 g/mol. The number of halogens is 3. The van der Waals surface area contributed by atoms with Gasteiger partial charge in [-0.25, -0.2) is 30.6 Å². The van der Waals surface area contributed by atoms with E-state index in [2.05, 4.69) is 10.3 Å². The first kappa shape index (κ1) is 34.0. The normalized spacial score (nSPS) is 28.2. The molecule has 1 aromatic heterocycles. The number of amides is 1. The van der Waals surface area contributed by atoms with Gasteiger partial charge in [-0.05, 0) is 44.7 Å². The van der Waals surface area contributed by atoms with E-state index in [0.717, 1.165) is 16.4 Å². The largest absolute Gasteiger partial charge is 0.394 e. The molecule has 250 valence electrons. The van der Waals surface area contributed by atoms with Gasteiger partial charge in [-0.3, -0.25) is 4.79 Å². The second-order valence-corrected chi connectivity index (χ2v) is 15.1. The Morgan fingerprint density at radius 3 is 2.36 bits per heavy atom. The van der Waals surface area contributed by atoms with Crippen molar-refractivity contribution in [2.75, 3.05) is 33.3 Å². The van der Waals surface area contributed by atoms with Crippen LogP contribution in [0.25, 0.3) is 11.3 Å².